The predicted octanol–water partition coefficient (Wildman–Crippen LogP) is 0.881. The second kappa shape index (κ2) is 3.44. The summed E-state index contributed by atoms with van der Waals surface area (Å²) in [5, 5.41) is 0. The van der Waals surface area contributed by atoms with Gasteiger partial charge in [-0.25, -0.2) is 4.98 Å². The molecule has 0 radical (unpaired) electrons. The standard InChI is InChI=1S/C10H15N3O/c1-2-7-8-5-3-4-6-13(8)10(12-7)9(11)14/h2-6H2,1H3,(H2,11,14). The lowest BCUT2D eigenvalue weighted by Crippen LogP contribution is -2.21. The van der Waals surface area contributed by atoms with Gasteiger partial charge >= 0.3 is 0 Å². The van der Waals surface area contributed by atoms with E-state index in [9.17, 15) is 4.79 Å². The molecule has 2 rings (SSSR count). The third-order valence-electron chi connectivity index (χ3n) is 2.76. The molecule has 1 aliphatic rings. The quantitative estimate of drug-likeness (QED) is 0.758. The first-order valence-electron chi connectivity index (χ1n) is 5.12. The van der Waals surface area contributed by atoms with Crippen LogP contribution in [0.15, 0.2) is 0 Å². The van der Waals surface area contributed by atoms with Crippen LogP contribution in [0, 0.1) is 0 Å². The molecule has 2 heterocycles. The van der Waals surface area contributed by atoms with Gasteiger partial charge in [0.15, 0.2) is 5.82 Å². The first kappa shape index (κ1) is 9.24. The SMILES string of the molecule is CCc1nc(C(N)=O)n2c1CCCC2. The monoisotopic (exact) mass is 193 g/mol. The van der Waals surface area contributed by atoms with E-state index in [1.807, 2.05) is 4.57 Å². The zero-order valence-corrected chi connectivity index (χ0v) is 8.42. The number of aryl methyl sites for hydroxylation is 1. The van der Waals surface area contributed by atoms with Crippen LogP contribution < -0.4 is 5.73 Å². The summed E-state index contributed by atoms with van der Waals surface area (Å²) in [7, 11) is 0. The smallest absolute Gasteiger partial charge is 0.284 e. The fourth-order valence-corrected chi connectivity index (χ4v) is 2.09. The minimum atomic E-state index is -0.409. The van der Waals surface area contributed by atoms with Crippen molar-refractivity contribution >= 4 is 5.91 Å². The summed E-state index contributed by atoms with van der Waals surface area (Å²) in [5.41, 5.74) is 7.54. The lowest BCUT2D eigenvalue weighted by Gasteiger charge is -2.16. The largest absolute Gasteiger partial charge is 0.363 e. The molecule has 1 amide bonds. The van der Waals surface area contributed by atoms with Crippen LogP contribution in [0.3, 0.4) is 0 Å². The first-order valence-corrected chi connectivity index (χ1v) is 5.12. The average molecular weight is 193 g/mol. The molecule has 76 valence electrons. The zero-order chi connectivity index (χ0) is 10.1. The predicted molar refractivity (Wildman–Crippen MR) is 53.1 cm³/mol. The van der Waals surface area contributed by atoms with Gasteiger partial charge in [-0.1, -0.05) is 6.92 Å². The van der Waals surface area contributed by atoms with Gasteiger partial charge in [0.25, 0.3) is 5.91 Å². The maximum atomic E-state index is 11.1. The maximum absolute atomic E-state index is 11.1. The molecule has 0 saturated heterocycles. The number of primary amides is 1. The summed E-state index contributed by atoms with van der Waals surface area (Å²) < 4.78 is 1.99. The Morgan fingerprint density at radius 1 is 1.57 bits per heavy atom. The number of imidazole rings is 1. The molecule has 0 atom stereocenters. The summed E-state index contributed by atoms with van der Waals surface area (Å²) in [6.45, 7) is 2.95. The fraction of sp³-hybridized carbons (Fsp3) is 0.600. The van der Waals surface area contributed by atoms with Gasteiger partial charge < -0.3 is 10.3 Å². The van der Waals surface area contributed by atoms with Crippen LogP contribution in [0.4, 0.5) is 0 Å². The van der Waals surface area contributed by atoms with Crippen molar-refractivity contribution in [3.63, 3.8) is 0 Å². The molecule has 0 spiro atoms. The van der Waals surface area contributed by atoms with Crippen molar-refractivity contribution in [1.29, 1.82) is 0 Å². The van der Waals surface area contributed by atoms with Crippen molar-refractivity contribution in [2.45, 2.75) is 39.2 Å². The van der Waals surface area contributed by atoms with Crippen molar-refractivity contribution in [1.82, 2.24) is 9.55 Å². The van der Waals surface area contributed by atoms with E-state index in [4.69, 9.17) is 5.73 Å². The Labute approximate surface area is 83.1 Å². The highest BCUT2D eigenvalue weighted by Crippen LogP contribution is 2.20. The molecule has 2 N–H and O–H groups in total. The molecular formula is C10H15N3O. The van der Waals surface area contributed by atoms with E-state index in [-0.39, 0.29) is 0 Å². The molecule has 0 aliphatic carbocycles. The van der Waals surface area contributed by atoms with Crippen LogP contribution in [0.1, 0.15) is 41.8 Å². The topological polar surface area (TPSA) is 60.9 Å². The van der Waals surface area contributed by atoms with Crippen LogP contribution in [0.5, 0.6) is 0 Å². The van der Waals surface area contributed by atoms with E-state index >= 15 is 0 Å². The van der Waals surface area contributed by atoms with Crippen molar-refractivity contribution in [2.75, 3.05) is 0 Å². The van der Waals surface area contributed by atoms with Crippen LogP contribution in [0.2, 0.25) is 0 Å². The number of carbonyl (C=O) groups excluding carboxylic acids is 1. The molecular weight excluding hydrogens is 178 g/mol. The molecule has 14 heavy (non-hydrogen) atoms. The van der Waals surface area contributed by atoms with Crippen molar-refractivity contribution in [3.8, 4) is 0 Å². The number of amides is 1. The molecule has 4 heteroatoms. The van der Waals surface area contributed by atoms with Gasteiger partial charge in [-0.2, -0.15) is 0 Å². The number of hydrogen-bond acceptors (Lipinski definition) is 2. The molecule has 1 aliphatic heterocycles. The number of rotatable bonds is 2. The lowest BCUT2D eigenvalue weighted by molar-refractivity contribution is 0.0985. The van der Waals surface area contributed by atoms with Gasteiger partial charge in [0.1, 0.15) is 0 Å². The molecule has 1 aromatic heterocycles. The second-order valence-electron chi connectivity index (χ2n) is 3.66. The highest BCUT2D eigenvalue weighted by molar-refractivity contribution is 5.89. The van der Waals surface area contributed by atoms with E-state index in [2.05, 4.69) is 11.9 Å². The molecule has 0 fully saturated rings. The van der Waals surface area contributed by atoms with E-state index in [0.29, 0.717) is 5.82 Å². The zero-order valence-electron chi connectivity index (χ0n) is 8.42. The summed E-state index contributed by atoms with van der Waals surface area (Å²) in [4.78, 5) is 15.4. The Hall–Kier alpha value is -1.32. The lowest BCUT2D eigenvalue weighted by atomic mass is 10.1. The normalized spacial score (nSPS) is 15.2. The summed E-state index contributed by atoms with van der Waals surface area (Å²) in [6, 6.07) is 0. The van der Waals surface area contributed by atoms with Crippen molar-refractivity contribution in [3.05, 3.63) is 17.2 Å². The Morgan fingerprint density at radius 3 is 3.00 bits per heavy atom. The Bertz CT molecular complexity index is 368. The summed E-state index contributed by atoms with van der Waals surface area (Å²) in [6.07, 6.45) is 4.22. The van der Waals surface area contributed by atoms with Crippen molar-refractivity contribution < 1.29 is 4.79 Å². The molecule has 0 bridgehead atoms. The second-order valence-corrected chi connectivity index (χ2v) is 3.66. The number of nitrogens with zero attached hydrogens (tertiary/aromatic N) is 2. The number of nitrogens with two attached hydrogens (primary N) is 1. The Kier molecular flexibility index (Phi) is 2.27. The third kappa shape index (κ3) is 1.31. The van der Waals surface area contributed by atoms with Gasteiger partial charge in [0.05, 0.1) is 5.69 Å². The Morgan fingerprint density at radius 2 is 2.36 bits per heavy atom. The van der Waals surface area contributed by atoms with Gasteiger partial charge in [-0.05, 0) is 25.7 Å². The number of hydrogen-bond donors (Lipinski definition) is 1. The van der Waals surface area contributed by atoms with Crippen LogP contribution in [-0.2, 0) is 19.4 Å². The molecule has 0 aromatic carbocycles. The minimum absolute atomic E-state index is 0.409. The minimum Gasteiger partial charge on any atom is -0.363 e. The van der Waals surface area contributed by atoms with E-state index in [0.717, 1.165) is 31.5 Å². The highest BCUT2D eigenvalue weighted by Gasteiger charge is 2.21. The summed E-state index contributed by atoms with van der Waals surface area (Å²) >= 11 is 0. The molecule has 4 nitrogen and oxygen atoms in total. The third-order valence-corrected chi connectivity index (χ3v) is 2.76. The van der Waals surface area contributed by atoms with Crippen LogP contribution in [0.25, 0.3) is 0 Å². The number of carbonyl (C=O) groups is 1. The Balaban J connectivity index is 2.52. The maximum Gasteiger partial charge on any atom is 0.284 e. The molecule has 1 aromatic rings. The average Bonchev–Trinajstić information content (AvgIpc) is 2.56. The van der Waals surface area contributed by atoms with E-state index in [1.165, 1.54) is 12.1 Å². The number of aromatic nitrogens is 2. The van der Waals surface area contributed by atoms with E-state index in [1.54, 1.807) is 0 Å². The highest BCUT2D eigenvalue weighted by atomic mass is 16.1. The number of fused-ring (bicyclic) bond motifs is 1. The van der Waals surface area contributed by atoms with Gasteiger partial charge in [-0.3, -0.25) is 4.79 Å². The van der Waals surface area contributed by atoms with Gasteiger partial charge in [0, 0.05) is 12.2 Å². The van der Waals surface area contributed by atoms with E-state index < -0.39 is 5.91 Å². The first-order chi connectivity index (χ1) is 6.74. The van der Waals surface area contributed by atoms with Crippen LogP contribution >= 0.6 is 0 Å². The van der Waals surface area contributed by atoms with Crippen molar-refractivity contribution in [2.24, 2.45) is 5.73 Å². The van der Waals surface area contributed by atoms with Crippen LogP contribution in [-0.4, -0.2) is 15.5 Å². The summed E-state index contributed by atoms with van der Waals surface area (Å²) in [5.74, 6) is 0.0319. The molecule has 0 unspecified atom stereocenters. The fourth-order valence-electron chi connectivity index (χ4n) is 2.09. The molecule has 0 saturated carbocycles. The van der Waals surface area contributed by atoms with Gasteiger partial charge in [0.2, 0.25) is 0 Å². The van der Waals surface area contributed by atoms with Gasteiger partial charge in [-0.15, -0.1) is 0 Å².